The van der Waals surface area contributed by atoms with Gasteiger partial charge in [0.05, 0.1) is 11.1 Å². The molecule has 0 atom stereocenters. The van der Waals surface area contributed by atoms with Gasteiger partial charge in [0, 0.05) is 6.61 Å². The van der Waals surface area contributed by atoms with Crippen LogP contribution in [0.1, 0.15) is 18.4 Å². The summed E-state index contributed by atoms with van der Waals surface area (Å²) in [6, 6.07) is 5.94. The lowest BCUT2D eigenvalue weighted by atomic mass is 10.1. The first kappa shape index (κ1) is 11.0. The molecular formula is C12H15BrO2. The third kappa shape index (κ3) is 2.95. The number of ether oxygens (including phenoxy) is 1. The normalized spacial score (nSPS) is 15.3. The Balaban J connectivity index is 2.04. The number of benzene rings is 1. The van der Waals surface area contributed by atoms with Gasteiger partial charge in [-0.3, -0.25) is 0 Å². The average Bonchev–Trinajstić information content (AvgIpc) is 3.03. The summed E-state index contributed by atoms with van der Waals surface area (Å²) in [5.41, 5.74) is 1.10. The maximum atomic E-state index is 8.90. The zero-order chi connectivity index (χ0) is 10.7. The summed E-state index contributed by atoms with van der Waals surface area (Å²) < 4.78 is 6.71. The molecule has 0 aromatic heterocycles. The molecule has 0 spiro atoms. The van der Waals surface area contributed by atoms with E-state index in [4.69, 9.17) is 9.84 Å². The quantitative estimate of drug-likeness (QED) is 0.892. The summed E-state index contributed by atoms with van der Waals surface area (Å²) in [5, 5.41) is 8.90. The number of rotatable bonds is 5. The van der Waals surface area contributed by atoms with Crippen molar-refractivity contribution in [2.75, 3.05) is 13.2 Å². The minimum Gasteiger partial charge on any atom is -0.492 e. The van der Waals surface area contributed by atoms with Gasteiger partial charge in [0.15, 0.2) is 0 Å². The van der Waals surface area contributed by atoms with Crippen LogP contribution in [0.25, 0.3) is 0 Å². The van der Waals surface area contributed by atoms with Gasteiger partial charge in [0.2, 0.25) is 0 Å². The first-order valence-corrected chi connectivity index (χ1v) is 6.11. The van der Waals surface area contributed by atoms with E-state index in [-0.39, 0.29) is 6.61 Å². The second kappa shape index (κ2) is 4.99. The Bertz CT molecular complexity index is 334. The fraction of sp³-hybridized carbons (Fsp3) is 0.500. The number of aliphatic hydroxyl groups excluding tert-OH is 1. The highest BCUT2D eigenvalue weighted by Crippen LogP contribution is 2.33. The van der Waals surface area contributed by atoms with E-state index in [2.05, 4.69) is 15.9 Å². The average molecular weight is 271 g/mol. The van der Waals surface area contributed by atoms with E-state index in [1.54, 1.807) is 0 Å². The predicted molar refractivity (Wildman–Crippen MR) is 63.2 cm³/mol. The molecule has 1 saturated carbocycles. The zero-order valence-corrected chi connectivity index (χ0v) is 10.2. The molecule has 1 aromatic rings. The summed E-state index contributed by atoms with van der Waals surface area (Å²) in [6.45, 7) is 0.992. The molecule has 0 aliphatic heterocycles. The van der Waals surface area contributed by atoms with E-state index in [1.807, 2.05) is 18.2 Å². The van der Waals surface area contributed by atoms with E-state index < -0.39 is 0 Å². The van der Waals surface area contributed by atoms with Crippen LogP contribution in [0.5, 0.6) is 5.75 Å². The lowest BCUT2D eigenvalue weighted by Crippen LogP contribution is -2.01. The van der Waals surface area contributed by atoms with Crippen molar-refractivity contribution in [3.8, 4) is 5.75 Å². The van der Waals surface area contributed by atoms with Crippen molar-refractivity contribution in [3.63, 3.8) is 0 Å². The molecule has 0 heterocycles. The van der Waals surface area contributed by atoms with Crippen molar-refractivity contribution < 1.29 is 9.84 Å². The van der Waals surface area contributed by atoms with Gasteiger partial charge in [-0.05, 0) is 52.7 Å². The highest BCUT2D eigenvalue weighted by Gasteiger charge is 2.22. The third-order valence-corrected chi connectivity index (χ3v) is 3.50. The van der Waals surface area contributed by atoms with Gasteiger partial charge in [0.25, 0.3) is 0 Å². The molecule has 1 aromatic carbocycles. The van der Waals surface area contributed by atoms with Crippen molar-refractivity contribution in [1.29, 1.82) is 0 Å². The van der Waals surface area contributed by atoms with Gasteiger partial charge in [-0.2, -0.15) is 0 Å². The van der Waals surface area contributed by atoms with Crippen molar-refractivity contribution >= 4 is 15.9 Å². The zero-order valence-electron chi connectivity index (χ0n) is 8.58. The van der Waals surface area contributed by atoms with Crippen LogP contribution in [0.3, 0.4) is 0 Å². The van der Waals surface area contributed by atoms with E-state index in [0.29, 0.717) is 6.42 Å². The molecular weight excluding hydrogens is 256 g/mol. The summed E-state index contributed by atoms with van der Waals surface area (Å²) >= 11 is 3.52. The van der Waals surface area contributed by atoms with Crippen molar-refractivity contribution in [2.24, 2.45) is 5.92 Å². The fourth-order valence-electron chi connectivity index (χ4n) is 1.47. The molecule has 15 heavy (non-hydrogen) atoms. The van der Waals surface area contributed by atoms with Crippen LogP contribution in [-0.2, 0) is 6.42 Å². The monoisotopic (exact) mass is 270 g/mol. The topological polar surface area (TPSA) is 29.5 Å². The van der Waals surface area contributed by atoms with Crippen LogP contribution in [0.2, 0.25) is 0 Å². The highest BCUT2D eigenvalue weighted by molar-refractivity contribution is 9.10. The van der Waals surface area contributed by atoms with Crippen LogP contribution in [0.4, 0.5) is 0 Å². The second-order valence-corrected chi connectivity index (χ2v) is 4.75. The number of hydrogen-bond acceptors (Lipinski definition) is 2. The molecule has 2 rings (SSSR count). The van der Waals surface area contributed by atoms with Crippen LogP contribution in [0.15, 0.2) is 22.7 Å². The Morgan fingerprint density at radius 2 is 2.20 bits per heavy atom. The molecule has 0 bridgehead atoms. The SMILES string of the molecule is OCCc1cccc(OCC2CC2)c1Br. The van der Waals surface area contributed by atoms with Crippen molar-refractivity contribution in [2.45, 2.75) is 19.3 Å². The van der Waals surface area contributed by atoms with Crippen molar-refractivity contribution in [3.05, 3.63) is 28.2 Å². The van der Waals surface area contributed by atoms with Crippen LogP contribution < -0.4 is 4.74 Å². The molecule has 1 fully saturated rings. The van der Waals surface area contributed by atoms with E-state index >= 15 is 0 Å². The van der Waals surface area contributed by atoms with Crippen molar-refractivity contribution in [1.82, 2.24) is 0 Å². The first-order chi connectivity index (χ1) is 7.31. The Kier molecular flexibility index (Phi) is 3.65. The summed E-state index contributed by atoms with van der Waals surface area (Å²) in [6.07, 6.45) is 3.27. The Morgan fingerprint density at radius 3 is 2.87 bits per heavy atom. The largest absolute Gasteiger partial charge is 0.492 e. The minimum absolute atomic E-state index is 0.171. The lowest BCUT2D eigenvalue weighted by Gasteiger charge is -2.10. The molecule has 82 valence electrons. The molecule has 2 nitrogen and oxygen atoms in total. The van der Waals surface area contributed by atoms with Gasteiger partial charge in [-0.15, -0.1) is 0 Å². The number of aliphatic hydroxyl groups is 1. The molecule has 1 N–H and O–H groups in total. The Labute approximate surface area is 98.4 Å². The summed E-state index contributed by atoms with van der Waals surface area (Å²) in [5.74, 6) is 1.66. The Hall–Kier alpha value is -0.540. The van der Waals surface area contributed by atoms with Gasteiger partial charge < -0.3 is 9.84 Å². The predicted octanol–water partition coefficient (Wildman–Crippen LogP) is 2.77. The van der Waals surface area contributed by atoms with Crippen LogP contribution in [0, 0.1) is 5.92 Å². The smallest absolute Gasteiger partial charge is 0.133 e. The van der Waals surface area contributed by atoms with Gasteiger partial charge in [-0.1, -0.05) is 12.1 Å². The molecule has 0 saturated heterocycles. The van der Waals surface area contributed by atoms with Crippen LogP contribution >= 0.6 is 15.9 Å². The first-order valence-electron chi connectivity index (χ1n) is 5.32. The molecule has 0 unspecified atom stereocenters. The Morgan fingerprint density at radius 1 is 1.40 bits per heavy atom. The lowest BCUT2D eigenvalue weighted by molar-refractivity contribution is 0.293. The maximum absolute atomic E-state index is 8.90. The summed E-state index contributed by atoms with van der Waals surface area (Å²) in [7, 11) is 0. The maximum Gasteiger partial charge on any atom is 0.133 e. The molecule has 0 radical (unpaired) electrons. The molecule has 1 aliphatic carbocycles. The third-order valence-electron chi connectivity index (χ3n) is 2.60. The van der Waals surface area contributed by atoms with E-state index in [9.17, 15) is 0 Å². The number of halogens is 1. The van der Waals surface area contributed by atoms with Gasteiger partial charge >= 0.3 is 0 Å². The second-order valence-electron chi connectivity index (χ2n) is 3.96. The fourth-order valence-corrected chi connectivity index (χ4v) is 2.05. The minimum atomic E-state index is 0.171. The molecule has 3 heteroatoms. The van der Waals surface area contributed by atoms with Gasteiger partial charge in [-0.25, -0.2) is 0 Å². The van der Waals surface area contributed by atoms with E-state index in [1.165, 1.54) is 12.8 Å². The standard InChI is InChI=1S/C12H15BrO2/c13-12-10(6-7-14)2-1-3-11(12)15-8-9-4-5-9/h1-3,9,14H,4-8H2. The molecule has 0 amide bonds. The highest BCUT2D eigenvalue weighted by atomic mass is 79.9. The van der Waals surface area contributed by atoms with E-state index in [0.717, 1.165) is 28.3 Å². The van der Waals surface area contributed by atoms with Gasteiger partial charge in [0.1, 0.15) is 5.75 Å². The molecule has 1 aliphatic rings. The van der Waals surface area contributed by atoms with Crippen LogP contribution in [-0.4, -0.2) is 18.3 Å². The summed E-state index contributed by atoms with van der Waals surface area (Å²) in [4.78, 5) is 0. The number of hydrogen-bond donors (Lipinski definition) is 1.